The van der Waals surface area contributed by atoms with Gasteiger partial charge in [-0.05, 0) is 47.5 Å². The SMILES string of the molecule is O=C1N(c2ccc(Cl)cc2)[S+]([O-])C(Cl)(Cl)C1(Cl)Cl. The molecule has 1 heterocycles. The number of amides is 1. The van der Waals surface area contributed by atoms with Crippen molar-refractivity contribution in [3.63, 3.8) is 0 Å². The van der Waals surface area contributed by atoms with Crippen molar-refractivity contribution >= 4 is 81.0 Å². The number of carbonyl (C=O) groups is 1. The molecule has 0 aromatic heterocycles. The van der Waals surface area contributed by atoms with Crippen molar-refractivity contribution in [2.45, 2.75) is 8.00 Å². The predicted octanol–water partition coefficient (Wildman–Crippen LogP) is 3.66. The predicted molar refractivity (Wildman–Crippen MR) is 76.0 cm³/mol. The number of anilines is 1. The molecule has 0 bridgehead atoms. The van der Waals surface area contributed by atoms with E-state index >= 15 is 0 Å². The van der Waals surface area contributed by atoms with Crippen LogP contribution in [-0.4, -0.2) is 18.5 Å². The molecule has 18 heavy (non-hydrogen) atoms. The van der Waals surface area contributed by atoms with E-state index in [1.54, 1.807) is 0 Å². The molecular weight excluding hydrogens is 363 g/mol. The van der Waals surface area contributed by atoms with E-state index in [2.05, 4.69) is 0 Å². The number of hydrogen-bond acceptors (Lipinski definition) is 2. The number of alkyl halides is 4. The zero-order chi connectivity index (χ0) is 13.7. The third-order valence-electron chi connectivity index (χ3n) is 2.26. The van der Waals surface area contributed by atoms with Gasteiger partial charge in [-0.3, -0.25) is 4.79 Å². The Morgan fingerprint density at radius 3 is 2.00 bits per heavy atom. The summed E-state index contributed by atoms with van der Waals surface area (Å²) in [6.45, 7) is 0. The van der Waals surface area contributed by atoms with E-state index < -0.39 is 25.3 Å². The van der Waals surface area contributed by atoms with E-state index in [1.165, 1.54) is 24.3 Å². The quantitative estimate of drug-likeness (QED) is 0.562. The summed E-state index contributed by atoms with van der Waals surface area (Å²) in [5.74, 6) is -0.850. The minimum Gasteiger partial charge on any atom is -0.590 e. The second kappa shape index (κ2) is 4.77. The van der Waals surface area contributed by atoms with Gasteiger partial charge in [0.25, 0.3) is 4.33 Å². The molecule has 0 spiro atoms. The zero-order valence-electron chi connectivity index (χ0n) is 8.37. The Morgan fingerprint density at radius 2 is 1.61 bits per heavy atom. The van der Waals surface area contributed by atoms with Crippen LogP contribution in [0.5, 0.6) is 0 Å². The highest BCUT2D eigenvalue weighted by molar-refractivity contribution is 7.98. The van der Waals surface area contributed by atoms with Gasteiger partial charge in [-0.2, -0.15) is 0 Å². The van der Waals surface area contributed by atoms with Crippen LogP contribution in [0.3, 0.4) is 0 Å². The van der Waals surface area contributed by atoms with Gasteiger partial charge in [-0.25, -0.2) is 0 Å². The molecule has 0 aliphatic carbocycles. The molecule has 9 heteroatoms. The molecule has 1 aromatic carbocycles. The standard InChI is InChI=1S/C9H4Cl5NO2S/c10-5-1-3-6(4-2-5)15-7(16)8(11,12)9(13,14)18(15)17/h1-4H. The molecule has 1 saturated heterocycles. The number of benzene rings is 1. The van der Waals surface area contributed by atoms with Gasteiger partial charge in [0.05, 0.1) is 5.69 Å². The number of carbonyl (C=O) groups excluding carboxylic acids is 1. The fourth-order valence-electron chi connectivity index (χ4n) is 1.34. The first-order valence-corrected chi connectivity index (χ1v) is 7.47. The monoisotopic (exact) mass is 365 g/mol. The molecule has 3 nitrogen and oxygen atoms in total. The van der Waals surface area contributed by atoms with E-state index in [9.17, 15) is 9.35 Å². The first-order chi connectivity index (χ1) is 8.19. The van der Waals surface area contributed by atoms with Crippen LogP contribution >= 0.6 is 58.0 Å². The molecule has 1 amide bonds. The van der Waals surface area contributed by atoms with E-state index in [0.29, 0.717) is 5.02 Å². The van der Waals surface area contributed by atoms with Gasteiger partial charge >= 0.3 is 9.57 Å². The smallest absolute Gasteiger partial charge is 0.340 e. The van der Waals surface area contributed by atoms with Crippen LogP contribution in [-0.2, 0) is 16.2 Å². The Kier molecular flexibility index (Phi) is 3.94. The molecule has 1 fully saturated rings. The third-order valence-corrected chi connectivity index (χ3v) is 6.83. The molecule has 1 unspecified atom stereocenters. The summed E-state index contributed by atoms with van der Waals surface area (Å²) in [4.78, 5) is 12.0. The van der Waals surface area contributed by atoms with Crippen LogP contribution < -0.4 is 4.31 Å². The number of hydrogen-bond donors (Lipinski definition) is 0. The van der Waals surface area contributed by atoms with Crippen LogP contribution in [0.1, 0.15) is 0 Å². The van der Waals surface area contributed by atoms with E-state index in [4.69, 9.17) is 58.0 Å². The Morgan fingerprint density at radius 1 is 1.11 bits per heavy atom. The summed E-state index contributed by atoms with van der Waals surface area (Å²) < 4.78 is 8.63. The first-order valence-electron chi connectivity index (χ1n) is 4.47. The maximum Gasteiger partial charge on any atom is 0.340 e. The van der Waals surface area contributed by atoms with Crippen LogP contribution in [0.2, 0.25) is 5.02 Å². The maximum absolute atomic E-state index is 12.1. The van der Waals surface area contributed by atoms with Crippen molar-refractivity contribution in [3.05, 3.63) is 29.3 Å². The first kappa shape index (κ1) is 14.9. The van der Waals surface area contributed by atoms with Gasteiger partial charge in [0.1, 0.15) is 11.4 Å². The fraction of sp³-hybridized carbons (Fsp3) is 0.222. The average molecular weight is 367 g/mol. The number of rotatable bonds is 1. The molecule has 0 saturated carbocycles. The summed E-state index contributed by atoms with van der Waals surface area (Å²) in [5.41, 5.74) is 0.289. The summed E-state index contributed by atoms with van der Waals surface area (Å²) in [5, 5.41) is 0.460. The van der Waals surface area contributed by atoms with Crippen molar-refractivity contribution in [1.29, 1.82) is 0 Å². The Bertz CT molecular complexity index is 492. The summed E-state index contributed by atoms with van der Waals surface area (Å²) in [6, 6.07) is 6.01. The molecule has 1 aliphatic heterocycles. The Hall–Kier alpha value is 0.450. The van der Waals surface area contributed by atoms with Gasteiger partial charge in [-0.1, -0.05) is 34.8 Å². The van der Waals surface area contributed by atoms with Crippen molar-refractivity contribution in [3.8, 4) is 0 Å². The molecule has 0 radical (unpaired) electrons. The van der Waals surface area contributed by atoms with Gasteiger partial charge in [0.15, 0.2) is 0 Å². The highest BCUT2D eigenvalue weighted by Gasteiger charge is 2.73. The lowest BCUT2D eigenvalue weighted by Gasteiger charge is -2.21. The highest BCUT2D eigenvalue weighted by atomic mass is 35.5. The molecule has 1 aromatic rings. The zero-order valence-corrected chi connectivity index (χ0v) is 13.0. The van der Waals surface area contributed by atoms with Crippen molar-refractivity contribution in [2.75, 3.05) is 4.31 Å². The van der Waals surface area contributed by atoms with Gasteiger partial charge < -0.3 is 4.55 Å². The summed E-state index contributed by atoms with van der Waals surface area (Å²) >= 11 is 26.7. The summed E-state index contributed by atoms with van der Waals surface area (Å²) in [7, 11) is 0. The van der Waals surface area contributed by atoms with Gasteiger partial charge in [0.2, 0.25) is 0 Å². The molecule has 1 aliphatic rings. The Labute approximate surface area is 131 Å². The topological polar surface area (TPSA) is 43.4 Å². The second-order valence-electron chi connectivity index (χ2n) is 3.42. The van der Waals surface area contributed by atoms with Crippen molar-refractivity contribution < 1.29 is 9.35 Å². The van der Waals surface area contributed by atoms with Crippen molar-refractivity contribution in [2.24, 2.45) is 0 Å². The molecular formula is C9H4Cl5NO2S. The van der Waals surface area contributed by atoms with E-state index in [1.807, 2.05) is 0 Å². The van der Waals surface area contributed by atoms with Gasteiger partial charge in [-0.15, -0.1) is 4.31 Å². The average Bonchev–Trinajstić information content (AvgIpc) is 2.41. The maximum atomic E-state index is 12.1. The second-order valence-corrected chi connectivity index (χ2v) is 8.43. The van der Waals surface area contributed by atoms with Crippen LogP contribution in [0, 0.1) is 0 Å². The van der Waals surface area contributed by atoms with Crippen LogP contribution in [0.15, 0.2) is 24.3 Å². The largest absolute Gasteiger partial charge is 0.590 e. The molecule has 0 N–H and O–H groups in total. The normalized spacial score (nSPS) is 25.6. The number of halogens is 5. The lowest BCUT2D eigenvalue weighted by Crippen LogP contribution is -2.38. The molecule has 1 atom stereocenters. The van der Waals surface area contributed by atoms with E-state index in [-0.39, 0.29) is 5.69 Å². The minimum absolute atomic E-state index is 0.289. The lowest BCUT2D eigenvalue weighted by atomic mass is 10.3. The molecule has 2 rings (SSSR count). The number of nitrogens with zero attached hydrogens (tertiary/aromatic N) is 1. The van der Waals surface area contributed by atoms with Crippen molar-refractivity contribution in [1.82, 2.24) is 0 Å². The van der Waals surface area contributed by atoms with Gasteiger partial charge in [0, 0.05) is 5.02 Å². The third kappa shape index (κ3) is 2.08. The lowest BCUT2D eigenvalue weighted by molar-refractivity contribution is -0.117. The van der Waals surface area contributed by atoms with Crippen LogP contribution in [0.25, 0.3) is 0 Å². The Balaban J connectivity index is 2.47. The summed E-state index contributed by atoms with van der Waals surface area (Å²) in [6.07, 6.45) is 0. The van der Waals surface area contributed by atoms with E-state index in [0.717, 1.165) is 4.31 Å². The molecule has 98 valence electrons. The minimum atomic E-state index is -2.18. The highest BCUT2D eigenvalue weighted by Crippen LogP contribution is 2.55. The van der Waals surface area contributed by atoms with Crippen LogP contribution in [0.4, 0.5) is 5.69 Å². The fourth-order valence-corrected chi connectivity index (χ4v) is 3.84.